The van der Waals surface area contributed by atoms with E-state index >= 15 is 0 Å². The Kier molecular flexibility index (Phi) is 6.01. The second-order valence-corrected chi connectivity index (χ2v) is 6.65. The van der Waals surface area contributed by atoms with E-state index in [-0.39, 0.29) is 5.41 Å². The van der Waals surface area contributed by atoms with Gasteiger partial charge >= 0.3 is 0 Å². The van der Waals surface area contributed by atoms with Crippen molar-refractivity contribution >= 4 is 6.29 Å². The third kappa shape index (κ3) is 3.89. The molecule has 3 nitrogen and oxygen atoms in total. The maximum atomic E-state index is 10.6. The van der Waals surface area contributed by atoms with Crippen molar-refractivity contribution in [3.63, 3.8) is 0 Å². The molecule has 0 spiro atoms. The number of fused-ring (bicyclic) bond motifs is 2. The van der Waals surface area contributed by atoms with Gasteiger partial charge in [-0.15, -0.1) is 0 Å². The topological polar surface area (TPSA) is 38.3 Å². The maximum Gasteiger partial charge on any atom is 0.126 e. The third-order valence-corrected chi connectivity index (χ3v) is 5.32. The van der Waals surface area contributed by atoms with E-state index in [1.54, 1.807) is 7.11 Å². The Morgan fingerprint density at radius 2 is 1.95 bits per heavy atom. The van der Waals surface area contributed by atoms with Crippen LogP contribution in [0.3, 0.4) is 0 Å². The Morgan fingerprint density at radius 3 is 2.27 bits per heavy atom. The van der Waals surface area contributed by atoms with E-state index < -0.39 is 0 Å². The SMILES string of the molecule is CCC(NC)c1ccc(OC)cc1.O=CC12CCC(CC1)C2. The van der Waals surface area contributed by atoms with Crippen LogP contribution in [0.1, 0.15) is 57.1 Å². The summed E-state index contributed by atoms with van der Waals surface area (Å²) in [6.07, 6.45) is 8.51. The lowest BCUT2D eigenvalue weighted by molar-refractivity contribution is -0.115. The normalized spacial score (nSPS) is 27.0. The number of carbonyl (C=O) groups excluding carboxylic acids is 1. The highest BCUT2D eigenvalue weighted by atomic mass is 16.5. The lowest BCUT2D eigenvalue weighted by Gasteiger charge is -2.17. The molecule has 0 radical (unpaired) electrons. The largest absolute Gasteiger partial charge is 0.497 e. The standard InChI is InChI=1S/C11H17NO.C8H12O/c1-4-11(12-2)9-5-7-10(13-3)8-6-9;9-6-8-3-1-7(5-8)2-4-8/h5-8,11-12H,4H2,1-3H3;6-7H,1-5H2. The van der Waals surface area contributed by atoms with E-state index in [1.165, 1.54) is 44.0 Å². The first-order valence-corrected chi connectivity index (χ1v) is 8.44. The Balaban J connectivity index is 0.000000170. The van der Waals surface area contributed by atoms with Gasteiger partial charge in [0, 0.05) is 11.5 Å². The maximum absolute atomic E-state index is 10.6. The molecule has 2 fully saturated rings. The molecule has 1 unspecified atom stereocenters. The molecule has 2 saturated carbocycles. The number of ether oxygens (including phenoxy) is 1. The van der Waals surface area contributed by atoms with Crippen LogP contribution in [0.15, 0.2) is 24.3 Å². The number of nitrogens with one attached hydrogen (secondary N) is 1. The van der Waals surface area contributed by atoms with Gasteiger partial charge in [0.25, 0.3) is 0 Å². The van der Waals surface area contributed by atoms with E-state index in [0.29, 0.717) is 6.04 Å². The number of benzene rings is 1. The number of carbonyl (C=O) groups is 1. The van der Waals surface area contributed by atoms with Crippen LogP contribution < -0.4 is 10.1 Å². The molecule has 3 heteroatoms. The fraction of sp³-hybridized carbons (Fsp3) is 0.632. The van der Waals surface area contributed by atoms with Crippen molar-refractivity contribution in [1.82, 2.24) is 5.32 Å². The van der Waals surface area contributed by atoms with E-state index in [9.17, 15) is 4.79 Å². The highest BCUT2D eigenvalue weighted by Crippen LogP contribution is 2.52. The molecule has 2 aliphatic carbocycles. The minimum atomic E-state index is 0.171. The summed E-state index contributed by atoms with van der Waals surface area (Å²) in [5, 5.41) is 3.26. The summed E-state index contributed by atoms with van der Waals surface area (Å²) in [4.78, 5) is 10.6. The summed E-state index contributed by atoms with van der Waals surface area (Å²) >= 11 is 0. The summed E-state index contributed by atoms with van der Waals surface area (Å²) in [7, 11) is 3.67. The molecule has 1 N–H and O–H groups in total. The zero-order valence-electron chi connectivity index (χ0n) is 14.1. The molecule has 3 rings (SSSR count). The molecule has 0 amide bonds. The molecular formula is C19H29NO2. The molecule has 22 heavy (non-hydrogen) atoms. The molecular weight excluding hydrogens is 274 g/mol. The van der Waals surface area contributed by atoms with Crippen LogP contribution >= 0.6 is 0 Å². The summed E-state index contributed by atoms with van der Waals surface area (Å²) in [6.45, 7) is 2.17. The molecule has 2 bridgehead atoms. The monoisotopic (exact) mass is 303 g/mol. The fourth-order valence-electron chi connectivity index (χ4n) is 3.84. The van der Waals surface area contributed by atoms with Crippen molar-refractivity contribution in [3.05, 3.63) is 29.8 Å². The van der Waals surface area contributed by atoms with Gasteiger partial charge in [-0.2, -0.15) is 0 Å². The van der Waals surface area contributed by atoms with Gasteiger partial charge in [0.15, 0.2) is 0 Å². The molecule has 2 aliphatic rings. The molecule has 1 atom stereocenters. The summed E-state index contributed by atoms with van der Waals surface area (Å²) in [5.74, 6) is 1.82. The number of methoxy groups -OCH3 is 1. The highest BCUT2D eigenvalue weighted by molar-refractivity contribution is 5.60. The van der Waals surface area contributed by atoms with E-state index in [2.05, 4.69) is 24.4 Å². The van der Waals surface area contributed by atoms with Gasteiger partial charge in [0.05, 0.1) is 7.11 Å². The van der Waals surface area contributed by atoms with Crippen molar-refractivity contribution in [1.29, 1.82) is 0 Å². The first kappa shape index (κ1) is 17.0. The quantitative estimate of drug-likeness (QED) is 0.831. The second kappa shape index (κ2) is 7.77. The average Bonchev–Trinajstić information content (AvgIpc) is 3.19. The van der Waals surface area contributed by atoms with Crippen LogP contribution in [0.2, 0.25) is 0 Å². The van der Waals surface area contributed by atoms with Gasteiger partial charge in [-0.25, -0.2) is 0 Å². The second-order valence-electron chi connectivity index (χ2n) is 6.65. The summed E-state index contributed by atoms with van der Waals surface area (Å²) in [6, 6.07) is 8.64. The van der Waals surface area contributed by atoms with Crippen LogP contribution in [-0.4, -0.2) is 20.4 Å². The molecule has 1 aromatic carbocycles. The zero-order chi connectivity index (χ0) is 16.0. The molecule has 0 aliphatic heterocycles. The lowest BCUT2D eigenvalue weighted by Crippen LogP contribution is -2.14. The van der Waals surface area contributed by atoms with Crippen LogP contribution in [0.4, 0.5) is 0 Å². The molecule has 1 aromatic rings. The molecule has 0 heterocycles. The predicted molar refractivity (Wildman–Crippen MR) is 90.2 cm³/mol. The van der Waals surface area contributed by atoms with Crippen molar-refractivity contribution < 1.29 is 9.53 Å². The predicted octanol–water partition coefficient (Wildman–Crippen LogP) is 4.13. The Labute approximate surface area is 134 Å². The van der Waals surface area contributed by atoms with Crippen LogP contribution in [0.5, 0.6) is 5.75 Å². The Morgan fingerprint density at radius 1 is 1.32 bits per heavy atom. The summed E-state index contributed by atoms with van der Waals surface area (Å²) in [5.41, 5.74) is 1.48. The van der Waals surface area contributed by atoms with E-state index in [1.807, 2.05) is 19.2 Å². The summed E-state index contributed by atoms with van der Waals surface area (Å²) < 4.78 is 5.10. The molecule has 0 saturated heterocycles. The molecule has 0 aromatic heterocycles. The first-order valence-electron chi connectivity index (χ1n) is 8.44. The van der Waals surface area contributed by atoms with Gasteiger partial charge in [0.1, 0.15) is 12.0 Å². The zero-order valence-corrected chi connectivity index (χ0v) is 14.1. The number of aldehydes is 1. The fourth-order valence-corrected chi connectivity index (χ4v) is 3.84. The minimum absolute atomic E-state index is 0.171. The van der Waals surface area contributed by atoms with Crippen molar-refractivity contribution in [2.24, 2.45) is 11.3 Å². The van der Waals surface area contributed by atoms with Crippen LogP contribution in [-0.2, 0) is 4.79 Å². The Hall–Kier alpha value is -1.35. The van der Waals surface area contributed by atoms with E-state index in [0.717, 1.165) is 18.1 Å². The van der Waals surface area contributed by atoms with Crippen LogP contribution in [0, 0.1) is 11.3 Å². The molecule has 122 valence electrons. The van der Waals surface area contributed by atoms with Crippen molar-refractivity contribution in [2.75, 3.05) is 14.2 Å². The minimum Gasteiger partial charge on any atom is -0.497 e. The lowest BCUT2D eigenvalue weighted by atomic mass is 9.86. The van der Waals surface area contributed by atoms with E-state index in [4.69, 9.17) is 4.74 Å². The van der Waals surface area contributed by atoms with Gasteiger partial charge < -0.3 is 14.8 Å². The van der Waals surface area contributed by atoms with Crippen LogP contribution in [0.25, 0.3) is 0 Å². The number of hydrogen-bond acceptors (Lipinski definition) is 3. The van der Waals surface area contributed by atoms with Crippen molar-refractivity contribution in [2.45, 2.75) is 51.5 Å². The Bertz CT molecular complexity index is 457. The number of rotatable bonds is 5. The van der Waals surface area contributed by atoms with Crippen molar-refractivity contribution in [3.8, 4) is 5.75 Å². The first-order chi connectivity index (χ1) is 10.7. The third-order valence-electron chi connectivity index (χ3n) is 5.32. The van der Waals surface area contributed by atoms with Gasteiger partial charge in [-0.05, 0) is 69.2 Å². The smallest absolute Gasteiger partial charge is 0.126 e. The van der Waals surface area contributed by atoms with Gasteiger partial charge in [-0.1, -0.05) is 19.1 Å². The number of hydrogen-bond donors (Lipinski definition) is 1. The average molecular weight is 303 g/mol. The van der Waals surface area contributed by atoms with Gasteiger partial charge in [0.2, 0.25) is 0 Å². The highest BCUT2D eigenvalue weighted by Gasteiger charge is 2.44. The van der Waals surface area contributed by atoms with Gasteiger partial charge in [-0.3, -0.25) is 0 Å².